The summed E-state index contributed by atoms with van der Waals surface area (Å²) in [5.74, 6) is -0.0191. The van der Waals surface area contributed by atoms with Gasteiger partial charge in [-0.15, -0.1) is 0 Å². The second-order valence-electron chi connectivity index (χ2n) is 8.14. The van der Waals surface area contributed by atoms with Gasteiger partial charge in [-0.25, -0.2) is 9.37 Å². The Kier molecular flexibility index (Phi) is 7.18. The van der Waals surface area contributed by atoms with Crippen LogP contribution in [0.5, 0.6) is 0 Å². The number of primary amides is 1. The zero-order chi connectivity index (χ0) is 25.1. The van der Waals surface area contributed by atoms with Crippen LogP contribution in [-0.2, 0) is 15.1 Å². The van der Waals surface area contributed by atoms with Crippen molar-refractivity contribution >= 4 is 33.5 Å². The molecule has 34 heavy (non-hydrogen) atoms. The van der Waals surface area contributed by atoms with Crippen molar-refractivity contribution in [3.8, 4) is 0 Å². The number of rotatable bonds is 9. The lowest BCUT2D eigenvalue weighted by molar-refractivity contribution is 0.100. The first-order valence-electron chi connectivity index (χ1n) is 10.5. The molecule has 2 aromatic carbocycles. The van der Waals surface area contributed by atoms with Gasteiger partial charge >= 0.3 is 10.1 Å². The van der Waals surface area contributed by atoms with Crippen LogP contribution in [0.2, 0.25) is 0 Å². The molecule has 0 saturated carbocycles. The number of carbonyl (C=O) groups is 1. The minimum Gasteiger partial charge on any atom is -0.367 e. The van der Waals surface area contributed by atoms with E-state index in [1.165, 1.54) is 54.7 Å². The van der Waals surface area contributed by atoms with E-state index in [-0.39, 0.29) is 40.4 Å². The normalized spacial score (nSPS) is 14.3. The summed E-state index contributed by atoms with van der Waals surface area (Å²) in [6, 6.07) is 12.4. The van der Waals surface area contributed by atoms with Crippen molar-refractivity contribution in [1.82, 2.24) is 9.97 Å². The fourth-order valence-corrected chi connectivity index (χ4v) is 4.00. The van der Waals surface area contributed by atoms with Crippen molar-refractivity contribution in [2.45, 2.75) is 31.8 Å². The topological polar surface area (TPSA) is 147 Å². The first-order valence-corrected chi connectivity index (χ1v) is 11.9. The lowest BCUT2D eigenvalue weighted by atomic mass is 10.0. The van der Waals surface area contributed by atoms with Gasteiger partial charge in [0.1, 0.15) is 5.82 Å². The Morgan fingerprint density at radius 2 is 1.65 bits per heavy atom. The second-order valence-corrected chi connectivity index (χ2v) is 9.65. The molecule has 0 radical (unpaired) electrons. The molecule has 5 N–H and O–H groups in total. The maximum absolute atomic E-state index is 15.7. The number of amides is 1. The smallest absolute Gasteiger partial charge is 0.309 e. The number of anilines is 3. The summed E-state index contributed by atoms with van der Waals surface area (Å²) in [6.07, 6.45) is 1.29. The van der Waals surface area contributed by atoms with E-state index in [9.17, 15) is 17.8 Å². The van der Waals surface area contributed by atoms with Crippen LogP contribution >= 0.6 is 0 Å². The first kappa shape index (κ1) is 25.1. The molecule has 0 aliphatic heterocycles. The van der Waals surface area contributed by atoms with Crippen LogP contribution in [0.1, 0.15) is 42.3 Å². The molecule has 0 saturated heterocycles. The summed E-state index contributed by atoms with van der Waals surface area (Å²) in [5, 5.41) is 2.92. The van der Waals surface area contributed by atoms with Crippen molar-refractivity contribution < 1.29 is 22.2 Å². The fraction of sp³-hybridized carbons (Fsp3) is 0.261. The molecular weight excluding hydrogens is 461 g/mol. The van der Waals surface area contributed by atoms with Gasteiger partial charge in [0.25, 0.3) is 10.9 Å². The monoisotopic (exact) mass is 487 g/mol. The Bertz CT molecular complexity index is 1270. The van der Waals surface area contributed by atoms with Crippen LogP contribution in [0.3, 0.4) is 0 Å². The highest BCUT2D eigenvalue weighted by atomic mass is 32.2. The zero-order valence-electron chi connectivity index (χ0n) is 18.9. The molecule has 1 amide bonds. The number of nitrogens with zero attached hydrogens (tertiary/aromatic N) is 2. The van der Waals surface area contributed by atoms with E-state index in [0.29, 0.717) is 5.69 Å². The van der Waals surface area contributed by atoms with Gasteiger partial charge in [0.2, 0.25) is 5.95 Å². The van der Waals surface area contributed by atoms with E-state index in [0.717, 1.165) is 0 Å². The van der Waals surface area contributed by atoms with Crippen LogP contribution in [0.15, 0.2) is 60.8 Å². The molecule has 0 spiro atoms. The first-order chi connectivity index (χ1) is 15.9. The van der Waals surface area contributed by atoms with E-state index < -0.39 is 21.0 Å². The third kappa shape index (κ3) is 5.15. The summed E-state index contributed by atoms with van der Waals surface area (Å²) >= 11 is 0. The van der Waals surface area contributed by atoms with Gasteiger partial charge in [-0.2, -0.15) is 13.4 Å². The van der Waals surface area contributed by atoms with Gasteiger partial charge in [-0.3, -0.25) is 9.35 Å². The molecule has 1 aromatic heterocycles. The molecule has 3 rings (SSSR count). The van der Waals surface area contributed by atoms with Crippen molar-refractivity contribution in [2.24, 2.45) is 11.7 Å². The Labute approximate surface area is 197 Å². The van der Waals surface area contributed by atoms with E-state index in [1.807, 2.05) is 20.8 Å². The minimum atomic E-state index is -5.14. The number of carbonyl (C=O) groups excluding carboxylic acids is 1. The molecule has 0 bridgehead atoms. The summed E-state index contributed by atoms with van der Waals surface area (Å²) in [5.41, 5.74) is 5.48. The number of halogens is 1. The van der Waals surface area contributed by atoms with E-state index >= 15 is 4.39 Å². The summed E-state index contributed by atoms with van der Waals surface area (Å²) in [7, 11) is -5.14. The standard InChI is InChI=1S/C23H26FN5O4S/c1-14(2)15(3)27-21-19(20(25)30)13-26-22(29-21)28-18-11-9-17(10-12-18)23(24,34(31,32)33)16-7-5-4-6-8-16/h4-15H,1-3H3,(H2,25,30)(H,31,32,33)(H2,26,27,28,29)/t15?,23-/m1/s1. The summed E-state index contributed by atoms with van der Waals surface area (Å²) < 4.78 is 49.4. The van der Waals surface area contributed by atoms with E-state index in [4.69, 9.17) is 5.73 Å². The maximum Gasteiger partial charge on any atom is 0.309 e. The quantitative estimate of drug-likeness (QED) is 0.333. The predicted octanol–water partition coefficient (Wildman–Crippen LogP) is 3.83. The van der Waals surface area contributed by atoms with Crippen molar-refractivity contribution in [3.63, 3.8) is 0 Å². The lowest BCUT2D eigenvalue weighted by Crippen LogP contribution is -2.32. The number of hydrogen-bond donors (Lipinski definition) is 4. The van der Waals surface area contributed by atoms with Gasteiger partial charge < -0.3 is 16.4 Å². The molecule has 0 aliphatic carbocycles. The van der Waals surface area contributed by atoms with E-state index in [1.54, 1.807) is 6.07 Å². The third-order valence-corrected chi connectivity index (χ3v) is 6.61. The molecule has 2 atom stereocenters. The SMILES string of the molecule is CC(C)C(C)Nc1nc(Nc2ccc([C@@](F)(c3ccccc3)S(=O)(=O)O)cc2)ncc1C(N)=O. The van der Waals surface area contributed by atoms with Crippen molar-refractivity contribution in [3.05, 3.63) is 77.5 Å². The van der Waals surface area contributed by atoms with Gasteiger partial charge in [0.15, 0.2) is 0 Å². The Balaban J connectivity index is 1.92. The Morgan fingerprint density at radius 3 is 2.18 bits per heavy atom. The lowest BCUT2D eigenvalue weighted by Gasteiger charge is -2.23. The average molecular weight is 488 g/mol. The third-order valence-electron chi connectivity index (χ3n) is 5.43. The molecule has 0 fully saturated rings. The van der Waals surface area contributed by atoms with Crippen molar-refractivity contribution in [2.75, 3.05) is 10.6 Å². The van der Waals surface area contributed by atoms with Crippen molar-refractivity contribution in [1.29, 1.82) is 0 Å². The summed E-state index contributed by atoms with van der Waals surface area (Å²) in [4.78, 5) is 20.2. The number of nitrogens with two attached hydrogens (primary N) is 1. The minimum absolute atomic E-state index is 0.00349. The Morgan fingerprint density at radius 1 is 1.06 bits per heavy atom. The highest BCUT2D eigenvalue weighted by Crippen LogP contribution is 2.39. The molecule has 0 aliphatic rings. The van der Waals surface area contributed by atoms with Crippen LogP contribution in [-0.4, -0.2) is 34.9 Å². The average Bonchev–Trinajstić information content (AvgIpc) is 2.78. The largest absolute Gasteiger partial charge is 0.367 e. The van der Waals surface area contributed by atoms with Crippen LogP contribution < -0.4 is 16.4 Å². The van der Waals surface area contributed by atoms with Gasteiger partial charge in [0.05, 0.1) is 5.56 Å². The summed E-state index contributed by atoms with van der Waals surface area (Å²) in [6.45, 7) is 5.96. The maximum atomic E-state index is 15.7. The van der Waals surface area contributed by atoms with Gasteiger partial charge in [0, 0.05) is 29.1 Å². The van der Waals surface area contributed by atoms with Gasteiger partial charge in [-0.1, -0.05) is 56.3 Å². The molecule has 180 valence electrons. The molecule has 11 heteroatoms. The number of alkyl halides is 1. The number of nitrogens with one attached hydrogen (secondary N) is 2. The number of hydrogen-bond acceptors (Lipinski definition) is 7. The Hall–Kier alpha value is -3.57. The predicted molar refractivity (Wildman–Crippen MR) is 128 cm³/mol. The molecule has 3 aromatic rings. The van der Waals surface area contributed by atoms with E-state index in [2.05, 4.69) is 20.6 Å². The second kappa shape index (κ2) is 9.74. The molecule has 1 heterocycles. The van der Waals surface area contributed by atoms with Crippen LogP contribution in [0.25, 0.3) is 0 Å². The number of benzene rings is 2. The number of aromatic nitrogens is 2. The van der Waals surface area contributed by atoms with Crippen LogP contribution in [0, 0.1) is 5.92 Å². The zero-order valence-corrected chi connectivity index (χ0v) is 19.7. The molecule has 9 nitrogen and oxygen atoms in total. The fourth-order valence-electron chi connectivity index (χ4n) is 3.13. The molecular formula is C23H26FN5O4S. The highest BCUT2D eigenvalue weighted by Gasteiger charge is 2.47. The van der Waals surface area contributed by atoms with Gasteiger partial charge in [-0.05, 0) is 25.0 Å². The highest BCUT2D eigenvalue weighted by molar-refractivity contribution is 7.86. The van der Waals surface area contributed by atoms with Crippen LogP contribution in [0.4, 0.5) is 21.8 Å². The molecule has 1 unspecified atom stereocenters.